The van der Waals surface area contributed by atoms with E-state index in [2.05, 4.69) is 61.1 Å². The largest absolute Gasteiger partial charge is 0.301 e. The Morgan fingerprint density at radius 1 is 0.586 bits per heavy atom. The summed E-state index contributed by atoms with van der Waals surface area (Å²) < 4.78 is 0. The molecular weight excluding hydrogens is 356 g/mol. The molecule has 4 nitrogen and oxygen atoms in total. The molecule has 0 aromatic rings. The maximum atomic E-state index is 2.88. The Morgan fingerprint density at radius 3 is 1.90 bits per heavy atom. The summed E-state index contributed by atoms with van der Waals surface area (Å²) in [4.78, 5) is 11.1. The second-order valence-corrected chi connectivity index (χ2v) is 11.5. The highest BCUT2D eigenvalue weighted by Crippen LogP contribution is 2.36. The van der Waals surface area contributed by atoms with Crippen LogP contribution in [-0.4, -0.2) is 95.6 Å². The van der Waals surface area contributed by atoms with Gasteiger partial charge in [0.15, 0.2) is 0 Å². The fraction of sp³-hybridized carbons (Fsp3) is 1.00. The number of hydrogen-bond acceptors (Lipinski definition) is 4. The van der Waals surface area contributed by atoms with Crippen LogP contribution in [0.2, 0.25) is 0 Å². The van der Waals surface area contributed by atoms with E-state index in [-0.39, 0.29) is 0 Å². The number of hydrogen-bond donors (Lipinski definition) is 0. The standard InChI is InChI=1S/C25H48N4/c1-18(2)26-11-9-22-13-28(16-24(22)15-26)20(5)7-8-21(6)29-12-10-23-14-27(19(3)4)17-25(23)29/h18-25H,7-17H2,1-6H3. The summed E-state index contributed by atoms with van der Waals surface area (Å²) in [7, 11) is 0. The van der Waals surface area contributed by atoms with E-state index in [9.17, 15) is 0 Å². The maximum Gasteiger partial charge on any atom is 0.0266 e. The van der Waals surface area contributed by atoms with Crippen LogP contribution in [0.4, 0.5) is 0 Å². The van der Waals surface area contributed by atoms with Crippen LogP contribution in [0, 0.1) is 17.8 Å². The first-order chi connectivity index (χ1) is 13.8. The molecule has 4 heteroatoms. The van der Waals surface area contributed by atoms with Gasteiger partial charge in [0.25, 0.3) is 0 Å². The predicted octanol–water partition coefficient (Wildman–Crippen LogP) is 3.62. The number of likely N-dealkylation sites (tertiary alicyclic amines) is 4. The number of nitrogens with zero attached hydrogens (tertiary/aromatic N) is 4. The molecule has 6 unspecified atom stereocenters. The Kier molecular flexibility index (Phi) is 6.95. The molecule has 0 bridgehead atoms. The van der Waals surface area contributed by atoms with Crippen LogP contribution in [0.3, 0.4) is 0 Å². The van der Waals surface area contributed by atoms with Gasteiger partial charge in [-0.15, -0.1) is 0 Å². The molecule has 0 saturated carbocycles. The van der Waals surface area contributed by atoms with Crippen LogP contribution < -0.4 is 0 Å². The molecule has 4 heterocycles. The van der Waals surface area contributed by atoms with Gasteiger partial charge < -0.3 is 9.80 Å². The van der Waals surface area contributed by atoms with Crippen molar-refractivity contribution in [1.29, 1.82) is 0 Å². The van der Waals surface area contributed by atoms with Crippen molar-refractivity contribution in [3.05, 3.63) is 0 Å². The minimum absolute atomic E-state index is 0.711. The van der Waals surface area contributed by atoms with Gasteiger partial charge in [-0.2, -0.15) is 0 Å². The third-order valence-corrected chi connectivity index (χ3v) is 9.13. The van der Waals surface area contributed by atoms with Gasteiger partial charge >= 0.3 is 0 Å². The van der Waals surface area contributed by atoms with Crippen molar-refractivity contribution < 1.29 is 0 Å². The Morgan fingerprint density at radius 2 is 1.17 bits per heavy atom. The molecule has 6 atom stereocenters. The van der Waals surface area contributed by atoms with Crippen molar-refractivity contribution in [2.75, 3.05) is 45.8 Å². The average Bonchev–Trinajstić information content (AvgIpc) is 3.38. The van der Waals surface area contributed by atoms with Crippen molar-refractivity contribution in [3.63, 3.8) is 0 Å². The van der Waals surface area contributed by atoms with E-state index in [1.807, 2.05) is 0 Å². The molecule has 0 spiro atoms. The first-order valence-corrected chi connectivity index (χ1v) is 12.8. The molecular formula is C25H48N4. The van der Waals surface area contributed by atoms with Crippen LogP contribution in [0.25, 0.3) is 0 Å². The minimum Gasteiger partial charge on any atom is -0.301 e. The molecule has 4 aliphatic rings. The van der Waals surface area contributed by atoms with Crippen molar-refractivity contribution in [2.24, 2.45) is 17.8 Å². The molecule has 4 aliphatic heterocycles. The quantitative estimate of drug-likeness (QED) is 0.642. The third-order valence-electron chi connectivity index (χ3n) is 9.13. The van der Waals surface area contributed by atoms with Crippen LogP contribution >= 0.6 is 0 Å². The van der Waals surface area contributed by atoms with Gasteiger partial charge in [-0.25, -0.2) is 0 Å². The fourth-order valence-electron chi connectivity index (χ4n) is 6.89. The predicted molar refractivity (Wildman–Crippen MR) is 123 cm³/mol. The van der Waals surface area contributed by atoms with Gasteiger partial charge in [-0.1, -0.05) is 0 Å². The van der Waals surface area contributed by atoms with E-state index in [1.54, 1.807) is 0 Å². The molecule has 4 saturated heterocycles. The fourth-order valence-corrected chi connectivity index (χ4v) is 6.89. The Hall–Kier alpha value is -0.160. The summed E-state index contributed by atoms with van der Waals surface area (Å²) in [5.41, 5.74) is 0. The van der Waals surface area contributed by atoms with Crippen molar-refractivity contribution >= 4 is 0 Å². The summed E-state index contributed by atoms with van der Waals surface area (Å²) in [6, 6.07) is 3.77. The lowest BCUT2D eigenvalue weighted by molar-refractivity contribution is 0.118. The molecule has 4 rings (SSSR count). The van der Waals surface area contributed by atoms with Crippen molar-refractivity contribution in [1.82, 2.24) is 19.6 Å². The SMILES string of the molecule is CC(C)N1CCC2CN(C(C)CCC(C)N3CCC4CN(C(C)C)CC43)CC2C1. The van der Waals surface area contributed by atoms with E-state index in [0.29, 0.717) is 6.04 Å². The van der Waals surface area contributed by atoms with Crippen LogP contribution in [0.1, 0.15) is 67.2 Å². The second kappa shape index (κ2) is 9.14. The molecule has 0 aromatic carbocycles. The Labute approximate surface area is 181 Å². The van der Waals surface area contributed by atoms with E-state index in [1.165, 1.54) is 71.5 Å². The maximum absolute atomic E-state index is 2.88. The van der Waals surface area contributed by atoms with E-state index < -0.39 is 0 Å². The normalized spacial score (nSPS) is 36.8. The first kappa shape index (κ1) is 22.0. The van der Waals surface area contributed by atoms with Gasteiger partial charge in [0.2, 0.25) is 0 Å². The number of rotatable bonds is 7. The van der Waals surface area contributed by atoms with Gasteiger partial charge in [-0.05, 0) is 98.1 Å². The third kappa shape index (κ3) is 4.71. The minimum atomic E-state index is 0.711. The molecule has 0 N–H and O–H groups in total. The number of fused-ring (bicyclic) bond motifs is 2. The van der Waals surface area contributed by atoms with Gasteiger partial charge in [0.1, 0.15) is 0 Å². The molecule has 0 aliphatic carbocycles. The summed E-state index contributed by atoms with van der Waals surface area (Å²) in [6.07, 6.45) is 5.59. The highest BCUT2D eigenvalue weighted by Gasteiger charge is 2.43. The zero-order valence-corrected chi connectivity index (χ0v) is 20.2. The monoisotopic (exact) mass is 404 g/mol. The smallest absolute Gasteiger partial charge is 0.0266 e. The molecule has 29 heavy (non-hydrogen) atoms. The topological polar surface area (TPSA) is 13.0 Å². The molecule has 4 fully saturated rings. The lowest BCUT2D eigenvalue weighted by Crippen LogP contribution is -2.43. The second-order valence-electron chi connectivity index (χ2n) is 11.5. The van der Waals surface area contributed by atoms with E-state index >= 15 is 0 Å². The van der Waals surface area contributed by atoms with E-state index in [4.69, 9.17) is 0 Å². The van der Waals surface area contributed by atoms with Crippen LogP contribution in [0.15, 0.2) is 0 Å². The molecule has 168 valence electrons. The molecule has 0 aromatic heterocycles. The van der Waals surface area contributed by atoms with Crippen molar-refractivity contribution in [3.8, 4) is 0 Å². The summed E-state index contributed by atoms with van der Waals surface area (Å²) in [5.74, 6) is 2.82. The molecule has 0 amide bonds. The highest BCUT2D eigenvalue weighted by molar-refractivity contribution is 4.99. The average molecular weight is 405 g/mol. The van der Waals surface area contributed by atoms with E-state index in [0.717, 1.165) is 41.9 Å². The summed E-state index contributed by atoms with van der Waals surface area (Å²) >= 11 is 0. The summed E-state index contributed by atoms with van der Waals surface area (Å²) in [6.45, 7) is 23.8. The zero-order chi connectivity index (χ0) is 20.7. The Balaban J connectivity index is 1.23. The lowest BCUT2D eigenvalue weighted by Gasteiger charge is -2.36. The molecule has 0 radical (unpaired) electrons. The lowest BCUT2D eigenvalue weighted by atomic mass is 9.88. The van der Waals surface area contributed by atoms with Gasteiger partial charge in [0, 0.05) is 62.9 Å². The zero-order valence-electron chi connectivity index (χ0n) is 20.2. The number of piperidine rings is 1. The highest BCUT2D eigenvalue weighted by atomic mass is 15.3. The Bertz CT molecular complexity index is 535. The first-order valence-electron chi connectivity index (χ1n) is 12.8. The van der Waals surface area contributed by atoms with Crippen molar-refractivity contribution in [2.45, 2.75) is 97.4 Å². The van der Waals surface area contributed by atoms with Crippen LogP contribution in [0.5, 0.6) is 0 Å². The van der Waals surface area contributed by atoms with Gasteiger partial charge in [0.05, 0.1) is 0 Å². The van der Waals surface area contributed by atoms with Gasteiger partial charge in [-0.3, -0.25) is 9.80 Å². The summed E-state index contributed by atoms with van der Waals surface area (Å²) in [5, 5.41) is 0. The van der Waals surface area contributed by atoms with Crippen LogP contribution in [-0.2, 0) is 0 Å².